The van der Waals surface area contributed by atoms with Gasteiger partial charge in [-0.3, -0.25) is 9.18 Å². The van der Waals surface area contributed by atoms with E-state index in [9.17, 15) is 9.18 Å². The Morgan fingerprint density at radius 1 is 1.18 bits per heavy atom. The number of hydrogen-bond acceptors (Lipinski definition) is 1. The Labute approximate surface area is 68.0 Å². The summed E-state index contributed by atoms with van der Waals surface area (Å²) in [5, 5.41) is 0. The molecule has 0 heterocycles. The van der Waals surface area contributed by atoms with Crippen molar-refractivity contribution in [2.75, 3.05) is 6.67 Å². The Morgan fingerprint density at radius 2 is 1.55 bits per heavy atom. The lowest BCUT2D eigenvalue weighted by molar-refractivity contribution is -0.135. The zero-order valence-electron chi connectivity index (χ0n) is 7.99. The summed E-state index contributed by atoms with van der Waals surface area (Å²) < 4.78 is 12.3. The van der Waals surface area contributed by atoms with Crippen LogP contribution in [0, 0.1) is 10.8 Å². The van der Waals surface area contributed by atoms with Gasteiger partial charge in [-0.1, -0.05) is 34.6 Å². The molecule has 0 fully saturated rings. The zero-order chi connectivity index (χ0) is 9.28. The molecule has 66 valence electrons. The third-order valence-electron chi connectivity index (χ3n) is 1.63. The second kappa shape index (κ2) is 2.92. The van der Waals surface area contributed by atoms with Crippen LogP contribution in [0.4, 0.5) is 4.39 Å². The van der Waals surface area contributed by atoms with Gasteiger partial charge in [-0.2, -0.15) is 0 Å². The summed E-state index contributed by atoms with van der Waals surface area (Å²) >= 11 is 0. The fraction of sp³-hybridized carbons (Fsp3) is 0.889. The molecule has 0 amide bonds. The lowest BCUT2D eigenvalue weighted by atomic mass is 9.75. The van der Waals surface area contributed by atoms with E-state index in [1.165, 1.54) is 0 Å². The van der Waals surface area contributed by atoms with Crippen LogP contribution in [0.5, 0.6) is 0 Å². The number of carbonyl (C=O) groups is 1. The maximum Gasteiger partial charge on any atom is 0.146 e. The fourth-order valence-electron chi connectivity index (χ4n) is 1.08. The molecule has 0 saturated heterocycles. The number of hydrogen-bond donors (Lipinski definition) is 0. The van der Waals surface area contributed by atoms with Gasteiger partial charge in [0, 0.05) is 5.41 Å². The normalized spacial score (nSPS) is 13.3. The van der Waals surface area contributed by atoms with E-state index in [4.69, 9.17) is 0 Å². The quantitative estimate of drug-likeness (QED) is 0.606. The largest absolute Gasteiger partial charge is 0.298 e. The van der Waals surface area contributed by atoms with Crippen LogP contribution in [0.1, 0.15) is 34.6 Å². The molecule has 0 radical (unpaired) electrons. The fourth-order valence-corrected chi connectivity index (χ4v) is 1.08. The molecular weight excluding hydrogens is 143 g/mol. The number of Topliss-reactive ketones (excluding diaryl/α,β-unsaturated/α-hetero) is 1. The van der Waals surface area contributed by atoms with Crippen molar-refractivity contribution >= 4 is 5.78 Å². The average Bonchev–Trinajstić information content (AvgIpc) is 1.84. The minimum absolute atomic E-state index is 0.0208. The van der Waals surface area contributed by atoms with E-state index in [1.54, 1.807) is 13.8 Å². The van der Waals surface area contributed by atoms with Gasteiger partial charge in [-0.15, -0.1) is 0 Å². The molecule has 1 nitrogen and oxygen atoms in total. The molecular formula is C9H17FO. The monoisotopic (exact) mass is 160 g/mol. The van der Waals surface area contributed by atoms with Crippen molar-refractivity contribution in [3.8, 4) is 0 Å². The summed E-state index contributed by atoms with van der Waals surface area (Å²) in [6.45, 7) is 8.14. The topological polar surface area (TPSA) is 17.1 Å². The van der Waals surface area contributed by atoms with Crippen molar-refractivity contribution in [2.24, 2.45) is 10.8 Å². The Morgan fingerprint density at radius 3 is 1.64 bits per heavy atom. The molecule has 0 aliphatic rings. The maximum absolute atomic E-state index is 12.3. The molecule has 11 heavy (non-hydrogen) atoms. The van der Waals surface area contributed by atoms with Gasteiger partial charge < -0.3 is 0 Å². The van der Waals surface area contributed by atoms with E-state index in [0.717, 1.165) is 0 Å². The smallest absolute Gasteiger partial charge is 0.146 e. The van der Waals surface area contributed by atoms with E-state index < -0.39 is 17.5 Å². The molecule has 0 spiro atoms. The van der Waals surface area contributed by atoms with Gasteiger partial charge in [0.15, 0.2) is 0 Å². The van der Waals surface area contributed by atoms with Gasteiger partial charge in [0.1, 0.15) is 12.5 Å². The Kier molecular flexibility index (Phi) is 2.81. The second-order valence-electron chi connectivity index (χ2n) is 4.60. The van der Waals surface area contributed by atoms with Crippen LogP contribution in [0.25, 0.3) is 0 Å². The maximum atomic E-state index is 12.3. The van der Waals surface area contributed by atoms with Gasteiger partial charge >= 0.3 is 0 Å². The molecule has 0 aromatic carbocycles. The first-order chi connectivity index (χ1) is 4.72. The highest BCUT2D eigenvalue weighted by molar-refractivity contribution is 5.88. The summed E-state index contributed by atoms with van der Waals surface area (Å²) in [4.78, 5) is 11.5. The molecule has 0 rings (SSSR count). The van der Waals surface area contributed by atoms with E-state index in [1.807, 2.05) is 20.8 Å². The Bertz CT molecular complexity index is 153. The minimum atomic E-state index is -0.821. The van der Waals surface area contributed by atoms with Crippen LogP contribution in [-0.2, 0) is 4.79 Å². The van der Waals surface area contributed by atoms with E-state index >= 15 is 0 Å². The molecule has 0 N–H and O–H groups in total. The lowest BCUT2D eigenvalue weighted by Crippen LogP contribution is -2.36. The van der Waals surface area contributed by atoms with Gasteiger partial charge in [0.2, 0.25) is 0 Å². The first-order valence-corrected chi connectivity index (χ1v) is 3.82. The summed E-state index contributed by atoms with van der Waals surface area (Å²) in [5.41, 5.74) is -1.26. The number of rotatable bonds is 2. The standard InChI is InChI=1S/C9H17FO/c1-8(2,3)7(11)9(4,5)6-10/h6H2,1-5H3. The summed E-state index contributed by atoms with van der Waals surface area (Å²) in [6.07, 6.45) is 0. The highest BCUT2D eigenvalue weighted by Crippen LogP contribution is 2.28. The van der Waals surface area contributed by atoms with Crippen LogP contribution >= 0.6 is 0 Å². The number of alkyl halides is 1. The first-order valence-electron chi connectivity index (χ1n) is 3.82. The van der Waals surface area contributed by atoms with Crippen molar-refractivity contribution in [1.82, 2.24) is 0 Å². The SMILES string of the molecule is CC(C)(C)C(=O)C(C)(C)CF. The molecule has 0 aliphatic carbocycles. The third kappa shape index (κ3) is 2.60. The Hall–Kier alpha value is -0.400. The van der Waals surface area contributed by atoms with Gasteiger partial charge in [-0.25, -0.2) is 0 Å². The lowest BCUT2D eigenvalue weighted by Gasteiger charge is -2.27. The van der Waals surface area contributed by atoms with Gasteiger partial charge in [0.05, 0.1) is 5.41 Å². The van der Waals surface area contributed by atoms with Crippen LogP contribution < -0.4 is 0 Å². The van der Waals surface area contributed by atoms with Gasteiger partial charge in [0.25, 0.3) is 0 Å². The molecule has 0 aromatic rings. The molecule has 0 aromatic heterocycles. The average molecular weight is 160 g/mol. The number of carbonyl (C=O) groups excluding carboxylic acids is 1. The molecule has 0 saturated carbocycles. The predicted octanol–water partition coefficient (Wildman–Crippen LogP) is 2.60. The molecule has 2 heteroatoms. The zero-order valence-corrected chi connectivity index (χ0v) is 7.99. The summed E-state index contributed by atoms with van der Waals surface area (Å²) in [5.74, 6) is -0.0208. The minimum Gasteiger partial charge on any atom is -0.298 e. The highest BCUT2D eigenvalue weighted by atomic mass is 19.1. The molecule has 0 aliphatic heterocycles. The van der Waals surface area contributed by atoms with Crippen molar-refractivity contribution in [1.29, 1.82) is 0 Å². The highest BCUT2D eigenvalue weighted by Gasteiger charge is 2.35. The van der Waals surface area contributed by atoms with Gasteiger partial charge in [-0.05, 0) is 0 Å². The second-order valence-corrected chi connectivity index (χ2v) is 4.60. The van der Waals surface area contributed by atoms with E-state index in [0.29, 0.717) is 0 Å². The molecule has 0 unspecified atom stereocenters. The van der Waals surface area contributed by atoms with E-state index in [-0.39, 0.29) is 5.78 Å². The third-order valence-corrected chi connectivity index (χ3v) is 1.63. The van der Waals surface area contributed by atoms with E-state index in [2.05, 4.69) is 0 Å². The summed E-state index contributed by atoms with van der Waals surface area (Å²) in [6, 6.07) is 0. The Balaban J connectivity index is 4.50. The van der Waals surface area contributed by atoms with Crippen LogP contribution in [-0.4, -0.2) is 12.5 Å². The number of ketones is 1. The van der Waals surface area contributed by atoms with Crippen molar-refractivity contribution in [3.63, 3.8) is 0 Å². The number of halogens is 1. The van der Waals surface area contributed by atoms with Crippen molar-refractivity contribution < 1.29 is 9.18 Å². The van der Waals surface area contributed by atoms with Crippen LogP contribution in [0.2, 0.25) is 0 Å². The molecule has 0 atom stereocenters. The first kappa shape index (κ1) is 10.6. The van der Waals surface area contributed by atoms with Crippen LogP contribution in [0.15, 0.2) is 0 Å². The van der Waals surface area contributed by atoms with Crippen molar-refractivity contribution in [2.45, 2.75) is 34.6 Å². The van der Waals surface area contributed by atoms with Crippen LogP contribution in [0.3, 0.4) is 0 Å². The van der Waals surface area contributed by atoms with Crippen molar-refractivity contribution in [3.05, 3.63) is 0 Å². The predicted molar refractivity (Wildman–Crippen MR) is 44.2 cm³/mol. The molecule has 0 bridgehead atoms. The summed E-state index contributed by atoms with van der Waals surface area (Å²) in [7, 11) is 0.